The molecule has 3 N–H and O–H groups in total. The number of hydrogen-bond acceptors (Lipinski definition) is 4. The lowest BCUT2D eigenvalue weighted by Gasteiger charge is -2.25. The zero-order chi connectivity index (χ0) is 14.6. The third-order valence-corrected chi connectivity index (χ3v) is 5.63. The first-order valence-corrected chi connectivity index (χ1v) is 7.91. The Morgan fingerprint density at radius 2 is 2.10 bits per heavy atom. The molecule has 3 unspecified atom stereocenters. The van der Waals surface area contributed by atoms with Gasteiger partial charge in [-0.05, 0) is 54.4 Å². The van der Waals surface area contributed by atoms with Crippen LogP contribution in [0.15, 0.2) is 12.1 Å². The lowest BCUT2D eigenvalue weighted by molar-refractivity contribution is 0.151. The lowest BCUT2D eigenvalue weighted by Crippen LogP contribution is -2.35. The monoisotopic (exact) mass is 285 g/mol. The van der Waals surface area contributed by atoms with Gasteiger partial charge in [-0.15, -0.1) is 0 Å². The fourth-order valence-corrected chi connectivity index (χ4v) is 4.38. The summed E-state index contributed by atoms with van der Waals surface area (Å²) in [6.45, 7) is 6.44. The summed E-state index contributed by atoms with van der Waals surface area (Å²) < 4.78 is 5.51. The maximum atomic E-state index is 7.40. The highest BCUT2D eigenvalue weighted by Crippen LogP contribution is 2.59. The fourth-order valence-electron chi connectivity index (χ4n) is 4.38. The van der Waals surface area contributed by atoms with Gasteiger partial charge >= 0.3 is 0 Å². The van der Waals surface area contributed by atoms with Crippen molar-refractivity contribution in [3.8, 4) is 0 Å². The molecule has 0 spiro atoms. The van der Waals surface area contributed by atoms with E-state index in [2.05, 4.69) is 24.0 Å². The van der Waals surface area contributed by atoms with E-state index in [0.29, 0.717) is 12.0 Å². The number of benzene rings is 1. The number of fused-ring (bicyclic) bond motifs is 1. The first-order valence-electron chi connectivity index (χ1n) is 7.91. The zero-order valence-electron chi connectivity index (χ0n) is 12.5. The summed E-state index contributed by atoms with van der Waals surface area (Å²) in [6, 6.07) is 4.83. The number of ether oxygens (including phenoxy) is 1. The molecule has 1 aromatic rings. The molecule has 4 nitrogen and oxygen atoms in total. The Kier molecular flexibility index (Phi) is 3.05. The number of anilines is 1. The van der Waals surface area contributed by atoms with E-state index < -0.39 is 0 Å². The second-order valence-corrected chi connectivity index (χ2v) is 6.81. The Balaban J connectivity index is 1.49. The van der Waals surface area contributed by atoms with Gasteiger partial charge in [-0.3, -0.25) is 4.90 Å². The molecule has 0 bridgehead atoms. The number of nitrogens with one attached hydrogen (secondary N) is 1. The van der Waals surface area contributed by atoms with Gasteiger partial charge in [0.25, 0.3) is 0 Å². The van der Waals surface area contributed by atoms with Crippen LogP contribution < -0.4 is 5.73 Å². The third kappa shape index (κ3) is 2.09. The number of hydrogen-bond donors (Lipinski definition) is 2. The molecule has 1 aromatic carbocycles. The number of piperidine rings is 1. The van der Waals surface area contributed by atoms with E-state index in [0.717, 1.165) is 36.3 Å². The SMILES string of the molecule is Cc1cc(C=N)c(N)cc1C1C2CN(C3CCOC3)CC21. The van der Waals surface area contributed by atoms with E-state index in [1.54, 1.807) is 0 Å². The molecule has 0 aromatic heterocycles. The van der Waals surface area contributed by atoms with Crippen molar-refractivity contribution in [2.75, 3.05) is 32.0 Å². The quantitative estimate of drug-likeness (QED) is 0.659. The van der Waals surface area contributed by atoms with E-state index in [-0.39, 0.29) is 0 Å². The van der Waals surface area contributed by atoms with Crippen molar-refractivity contribution >= 4 is 11.9 Å². The summed E-state index contributed by atoms with van der Waals surface area (Å²) in [7, 11) is 0. The van der Waals surface area contributed by atoms with Crippen LogP contribution in [0.25, 0.3) is 0 Å². The first-order chi connectivity index (χ1) is 10.2. The van der Waals surface area contributed by atoms with Crippen molar-refractivity contribution in [3.63, 3.8) is 0 Å². The number of nitrogens with two attached hydrogens (primary N) is 1. The summed E-state index contributed by atoms with van der Waals surface area (Å²) >= 11 is 0. The van der Waals surface area contributed by atoms with Gasteiger partial charge in [0.2, 0.25) is 0 Å². The van der Waals surface area contributed by atoms with Crippen molar-refractivity contribution in [3.05, 3.63) is 28.8 Å². The van der Waals surface area contributed by atoms with Crippen molar-refractivity contribution in [1.82, 2.24) is 4.90 Å². The van der Waals surface area contributed by atoms with Crippen molar-refractivity contribution in [1.29, 1.82) is 5.41 Å². The average molecular weight is 285 g/mol. The molecule has 112 valence electrons. The van der Waals surface area contributed by atoms with Crippen molar-refractivity contribution in [2.24, 2.45) is 11.8 Å². The maximum Gasteiger partial charge on any atom is 0.0622 e. The van der Waals surface area contributed by atoms with Crippen LogP contribution >= 0.6 is 0 Å². The van der Waals surface area contributed by atoms with E-state index in [1.165, 1.54) is 36.9 Å². The molecule has 1 saturated carbocycles. The van der Waals surface area contributed by atoms with Crippen LogP contribution in [0.5, 0.6) is 0 Å². The maximum absolute atomic E-state index is 7.40. The molecular weight excluding hydrogens is 262 g/mol. The Labute approximate surface area is 125 Å². The van der Waals surface area contributed by atoms with E-state index in [1.807, 2.05) is 0 Å². The summed E-state index contributed by atoms with van der Waals surface area (Å²) in [5.74, 6) is 2.29. The standard InChI is InChI=1S/C17H23N3O/c1-10-4-11(6-18)16(19)5-13(10)17-14-7-20(8-15(14)17)12-2-3-21-9-12/h4-6,12,14-15,17-18H,2-3,7-9,19H2,1H3. The number of aryl methyl sites for hydroxylation is 1. The molecule has 3 atom stereocenters. The third-order valence-electron chi connectivity index (χ3n) is 5.63. The van der Waals surface area contributed by atoms with Gasteiger partial charge in [0.1, 0.15) is 0 Å². The minimum atomic E-state index is 0.657. The Morgan fingerprint density at radius 3 is 2.71 bits per heavy atom. The van der Waals surface area contributed by atoms with Gasteiger partial charge in [0.15, 0.2) is 0 Å². The topological polar surface area (TPSA) is 62.3 Å². The molecule has 4 rings (SSSR count). The normalized spacial score (nSPS) is 34.9. The van der Waals surface area contributed by atoms with E-state index >= 15 is 0 Å². The number of likely N-dealkylation sites (tertiary alicyclic amines) is 1. The lowest BCUT2D eigenvalue weighted by atomic mass is 9.97. The minimum Gasteiger partial charge on any atom is -0.398 e. The van der Waals surface area contributed by atoms with Crippen LogP contribution in [0, 0.1) is 24.2 Å². The fraction of sp³-hybridized carbons (Fsp3) is 0.588. The molecule has 2 heterocycles. The zero-order valence-corrected chi connectivity index (χ0v) is 12.5. The molecule has 1 aliphatic carbocycles. The second kappa shape index (κ2) is 4.82. The van der Waals surface area contributed by atoms with Crippen LogP contribution in [0.3, 0.4) is 0 Å². The highest BCUT2D eigenvalue weighted by molar-refractivity contribution is 5.85. The van der Waals surface area contributed by atoms with Gasteiger partial charge in [0.05, 0.1) is 6.61 Å². The number of rotatable bonds is 3. The average Bonchev–Trinajstić information content (AvgIpc) is 2.93. The molecule has 3 fully saturated rings. The summed E-state index contributed by atoms with van der Waals surface area (Å²) in [5, 5.41) is 7.40. The van der Waals surface area contributed by atoms with Crippen LogP contribution in [0.2, 0.25) is 0 Å². The minimum absolute atomic E-state index is 0.657. The highest BCUT2D eigenvalue weighted by atomic mass is 16.5. The summed E-state index contributed by atoms with van der Waals surface area (Å²) in [5.41, 5.74) is 10.4. The van der Waals surface area contributed by atoms with Gasteiger partial charge in [-0.1, -0.05) is 0 Å². The molecule has 2 saturated heterocycles. The van der Waals surface area contributed by atoms with Gasteiger partial charge in [-0.25, -0.2) is 0 Å². The molecule has 0 amide bonds. The van der Waals surface area contributed by atoms with Gasteiger partial charge in [0, 0.05) is 43.2 Å². The van der Waals surface area contributed by atoms with Crippen LogP contribution in [0.4, 0.5) is 5.69 Å². The van der Waals surface area contributed by atoms with E-state index in [4.69, 9.17) is 15.9 Å². The Morgan fingerprint density at radius 1 is 1.33 bits per heavy atom. The van der Waals surface area contributed by atoms with Crippen LogP contribution in [-0.2, 0) is 4.74 Å². The number of nitrogens with zero attached hydrogens (tertiary/aromatic N) is 1. The Hall–Kier alpha value is -1.39. The second-order valence-electron chi connectivity index (χ2n) is 6.81. The Bertz CT molecular complexity index is 568. The summed E-state index contributed by atoms with van der Waals surface area (Å²) in [6.07, 6.45) is 2.55. The van der Waals surface area contributed by atoms with Crippen molar-refractivity contribution in [2.45, 2.75) is 25.3 Å². The van der Waals surface area contributed by atoms with Gasteiger partial charge < -0.3 is 15.9 Å². The predicted molar refractivity (Wildman–Crippen MR) is 84.0 cm³/mol. The van der Waals surface area contributed by atoms with E-state index in [9.17, 15) is 0 Å². The number of nitrogen functional groups attached to an aromatic ring is 1. The molecule has 4 heteroatoms. The highest BCUT2D eigenvalue weighted by Gasteiger charge is 2.57. The van der Waals surface area contributed by atoms with Crippen LogP contribution in [0.1, 0.15) is 29.0 Å². The summed E-state index contributed by atoms with van der Waals surface area (Å²) in [4.78, 5) is 2.63. The molecule has 3 aliphatic rings. The predicted octanol–water partition coefficient (Wildman–Crippen LogP) is 2.01. The molecule has 21 heavy (non-hydrogen) atoms. The molecule has 0 radical (unpaired) electrons. The molecular formula is C17H23N3O. The smallest absolute Gasteiger partial charge is 0.0622 e. The first kappa shape index (κ1) is 13.3. The largest absolute Gasteiger partial charge is 0.398 e. The molecule has 2 aliphatic heterocycles. The van der Waals surface area contributed by atoms with Crippen molar-refractivity contribution < 1.29 is 4.74 Å². The van der Waals surface area contributed by atoms with Gasteiger partial charge in [-0.2, -0.15) is 0 Å². The van der Waals surface area contributed by atoms with Crippen LogP contribution in [-0.4, -0.2) is 43.5 Å².